The van der Waals surface area contributed by atoms with Crippen LogP contribution in [0.3, 0.4) is 0 Å². The van der Waals surface area contributed by atoms with Crippen LogP contribution >= 0.6 is 0 Å². The highest BCUT2D eigenvalue weighted by Gasteiger charge is 2.36. The Balaban J connectivity index is 2.17. The predicted molar refractivity (Wildman–Crippen MR) is 87.2 cm³/mol. The first-order valence-electron chi connectivity index (χ1n) is 7.29. The highest BCUT2D eigenvalue weighted by molar-refractivity contribution is 6.67. The summed E-state index contributed by atoms with van der Waals surface area (Å²) < 4.78 is 15.0. The van der Waals surface area contributed by atoms with Crippen LogP contribution in [0.5, 0.6) is 5.75 Å². The van der Waals surface area contributed by atoms with Gasteiger partial charge in [0.25, 0.3) is 0 Å². The molecular formula is C15H19BN2O6. The molecule has 0 fully saturated rings. The van der Waals surface area contributed by atoms with Gasteiger partial charge in [0.1, 0.15) is 11.4 Å². The summed E-state index contributed by atoms with van der Waals surface area (Å²) in [5.74, 6) is -0.164. The van der Waals surface area contributed by atoms with Gasteiger partial charge in [0.2, 0.25) is 0 Å². The molecule has 128 valence electrons. The molecule has 1 aromatic carbocycles. The molecule has 1 amide bonds. The van der Waals surface area contributed by atoms with Crippen molar-refractivity contribution in [3.63, 3.8) is 0 Å². The smallest absolute Gasteiger partial charge is 0.478 e. The molecular weight excluding hydrogens is 315 g/mol. The third-order valence-electron chi connectivity index (χ3n) is 3.05. The van der Waals surface area contributed by atoms with Crippen molar-refractivity contribution >= 4 is 30.8 Å². The molecule has 0 unspecified atom stereocenters. The molecule has 0 aromatic heterocycles. The second-order valence-corrected chi connectivity index (χ2v) is 6.10. The topological polar surface area (TPSA) is 97.7 Å². The minimum absolute atomic E-state index is 0.255. The van der Waals surface area contributed by atoms with Gasteiger partial charge in [-0.2, -0.15) is 5.10 Å². The molecule has 1 aromatic rings. The summed E-state index contributed by atoms with van der Waals surface area (Å²) in [5, 5.41) is 14.3. The van der Waals surface area contributed by atoms with E-state index in [1.54, 1.807) is 32.9 Å². The second kappa shape index (κ2) is 6.92. The number of hydrazone groups is 1. The number of amides is 1. The Bertz CT molecular complexity index is 670. The number of ether oxygens (including phenoxy) is 3. The Hall–Kier alpha value is -2.55. The number of fused-ring (bicyclic) bond motifs is 1. The summed E-state index contributed by atoms with van der Waals surface area (Å²) in [7, 11) is -0.0566. The average Bonchev–Trinajstić information content (AvgIpc) is 2.51. The molecule has 0 saturated carbocycles. The fraction of sp³-hybridized carbons (Fsp3) is 0.400. The number of nitrogens with zero attached hydrogens (tertiary/aromatic N) is 2. The molecule has 0 atom stereocenters. The van der Waals surface area contributed by atoms with Crippen molar-refractivity contribution in [3.05, 3.63) is 23.8 Å². The lowest BCUT2D eigenvalue weighted by atomic mass is 9.70. The lowest BCUT2D eigenvalue weighted by Crippen LogP contribution is -2.53. The molecule has 1 aliphatic heterocycles. The highest BCUT2D eigenvalue weighted by atomic mass is 16.6. The maximum Gasteiger partial charge on any atom is 0.478 e. The monoisotopic (exact) mass is 334 g/mol. The van der Waals surface area contributed by atoms with Crippen molar-refractivity contribution in [2.75, 3.05) is 13.7 Å². The largest absolute Gasteiger partial charge is 0.482 e. The average molecular weight is 334 g/mol. The van der Waals surface area contributed by atoms with Crippen LogP contribution in [0, 0.1) is 0 Å². The summed E-state index contributed by atoms with van der Waals surface area (Å²) >= 11 is 0. The lowest BCUT2D eigenvalue weighted by Gasteiger charge is -2.28. The molecule has 0 spiro atoms. The summed E-state index contributed by atoms with van der Waals surface area (Å²) in [4.78, 5) is 24.1. The van der Waals surface area contributed by atoms with Crippen LogP contribution in [0.2, 0.25) is 0 Å². The normalized spacial score (nSPS) is 13.4. The van der Waals surface area contributed by atoms with E-state index in [9.17, 15) is 14.6 Å². The van der Waals surface area contributed by atoms with Crippen molar-refractivity contribution < 1.29 is 28.8 Å². The van der Waals surface area contributed by atoms with Gasteiger partial charge in [0.05, 0.1) is 13.3 Å². The first kappa shape index (κ1) is 17.8. The molecule has 0 aliphatic carbocycles. The van der Waals surface area contributed by atoms with Gasteiger partial charge in [-0.05, 0) is 43.9 Å². The second-order valence-electron chi connectivity index (χ2n) is 6.10. The van der Waals surface area contributed by atoms with Gasteiger partial charge in [-0.1, -0.05) is 6.07 Å². The fourth-order valence-corrected chi connectivity index (χ4v) is 1.96. The standard InChI is InChI=1S/C15H19BN2O6/c1-15(2,3)24-14(20)18-16(21)12-7-11(23-9-13(19)22-4)6-5-10(12)8-17-18/h5-8,21H,9H2,1-4H3. The molecule has 1 heterocycles. The molecule has 0 radical (unpaired) electrons. The third-order valence-corrected chi connectivity index (χ3v) is 3.05. The molecule has 8 nitrogen and oxygen atoms in total. The van der Waals surface area contributed by atoms with Gasteiger partial charge in [0.15, 0.2) is 6.61 Å². The van der Waals surface area contributed by atoms with E-state index in [2.05, 4.69) is 9.84 Å². The Labute approximate surface area is 140 Å². The van der Waals surface area contributed by atoms with Crippen molar-refractivity contribution in [1.29, 1.82) is 0 Å². The van der Waals surface area contributed by atoms with Crippen LogP contribution in [0.25, 0.3) is 0 Å². The number of methoxy groups -OCH3 is 1. The number of hydrogen-bond donors (Lipinski definition) is 1. The number of carbonyl (C=O) groups is 2. The summed E-state index contributed by atoms with van der Waals surface area (Å²) in [6, 6.07) is 4.83. The van der Waals surface area contributed by atoms with Gasteiger partial charge in [-0.3, -0.25) is 0 Å². The quantitative estimate of drug-likeness (QED) is 0.639. The molecule has 0 saturated heterocycles. The number of benzene rings is 1. The molecule has 1 N–H and O–H groups in total. The van der Waals surface area contributed by atoms with Gasteiger partial charge < -0.3 is 19.2 Å². The van der Waals surface area contributed by atoms with E-state index in [4.69, 9.17) is 9.47 Å². The molecule has 2 rings (SSSR count). The summed E-state index contributed by atoms with van der Waals surface area (Å²) in [5.41, 5.74) is 0.337. The zero-order valence-corrected chi connectivity index (χ0v) is 14.0. The predicted octanol–water partition coefficient (Wildman–Crippen LogP) is 0.510. The van der Waals surface area contributed by atoms with Gasteiger partial charge in [-0.15, -0.1) is 0 Å². The number of carbonyl (C=O) groups excluding carboxylic acids is 2. The SMILES string of the molecule is COC(=O)COc1ccc2c(c1)B(O)N(C(=O)OC(C)(C)C)N=C2. The minimum atomic E-state index is -1.32. The molecule has 1 aliphatic rings. The van der Waals surface area contributed by atoms with E-state index in [-0.39, 0.29) is 6.61 Å². The van der Waals surface area contributed by atoms with E-state index in [0.29, 0.717) is 16.8 Å². The van der Waals surface area contributed by atoms with Crippen LogP contribution in [0.15, 0.2) is 23.3 Å². The van der Waals surface area contributed by atoms with Gasteiger partial charge >= 0.3 is 19.1 Å². The maximum atomic E-state index is 12.1. The van der Waals surface area contributed by atoms with E-state index < -0.39 is 24.7 Å². The van der Waals surface area contributed by atoms with Crippen molar-refractivity contribution in [3.8, 4) is 5.75 Å². The van der Waals surface area contributed by atoms with Crippen LogP contribution in [0.1, 0.15) is 26.3 Å². The van der Waals surface area contributed by atoms with E-state index in [1.165, 1.54) is 19.4 Å². The Morgan fingerprint density at radius 2 is 2.04 bits per heavy atom. The van der Waals surface area contributed by atoms with Gasteiger partial charge in [0, 0.05) is 0 Å². The number of rotatable bonds is 3. The fourth-order valence-electron chi connectivity index (χ4n) is 1.96. The first-order chi connectivity index (χ1) is 11.2. The zero-order valence-electron chi connectivity index (χ0n) is 14.0. The van der Waals surface area contributed by atoms with Crippen LogP contribution in [-0.4, -0.2) is 54.6 Å². The number of hydrogen-bond acceptors (Lipinski definition) is 7. The summed E-state index contributed by atoms with van der Waals surface area (Å²) in [6.07, 6.45) is 0.675. The molecule has 0 bridgehead atoms. The third kappa shape index (κ3) is 4.26. The van der Waals surface area contributed by atoms with Crippen molar-refractivity contribution in [2.45, 2.75) is 26.4 Å². The van der Waals surface area contributed by atoms with E-state index >= 15 is 0 Å². The van der Waals surface area contributed by atoms with Gasteiger partial charge in [-0.25, -0.2) is 14.5 Å². The van der Waals surface area contributed by atoms with Crippen LogP contribution < -0.4 is 10.2 Å². The Morgan fingerprint density at radius 3 is 2.67 bits per heavy atom. The molecule has 9 heteroatoms. The van der Waals surface area contributed by atoms with Crippen LogP contribution in [-0.2, 0) is 14.3 Å². The molecule has 24 heavy (non-hydrogen) atoms. The van der Waals surface area contributed by atoms with E-state index in [1.807, 2.05) is 0 Å². The lowest BCUT2D eigenvalue weighted by molar-refractivity contribution is -0.142. The first-order valence-corrected chi connectivity index (χ1v) is 7.29. The number of esters is 1. The van der Waals surface area contributed by atoms with Crippen molar-refractivity contribution in [2.24, 2.45) is 5.10 Å². The minimum Gasteiger partial charge on any atom is -0.482 e. The van der Waals surface area contributed by atoms with Crippen molar-refractivity contribution in [1.82, 2.24) is 4.92 Å². The Kier molecular flexibility index (Phi) is 5.13. The van der Waals surface area contributed by atoms with E-state index in [0.717, 1.165) is 4.92 Å². The highest BCUT2D eigenvalue weighted by Crippen LogP contribution is 2.16. The maximum absolute atomic E-state index is 12.1. The Morgan fingerprint density at radius 1 is 1.33 bits per heavy atom. The summed E-state index contributed by atoms with van der Waals surface area (Å²) in [6.45, 7) is 4.90. The van der Waals surface area contributed by atoms with Crippen LogP contribution in [0.4, 0.5) is 4.79 Å². The zero-order chi connectivity index (χ0) is 17.9.